The van der Waals surface area contributed by atoms with Crippen LogP contribution in [0.1, 0.15) is 16.7 Å². The van der Waals surface area contributed by atoms with Crippen LogP contribution in [0, 0.1) is 0 Å². The monoisotopic (exact) mass is 359 g/mol. The van der Waals surface area contributed by atoms with Gasteiger partial charge in [0.15, 0.2) is 0 Å². The molecule has 2 aromatic rings. The van der Waals surface area contributed by atoms with Crippen LogP contribution in [0.4, 0.5) is 13.2 Å². The number of benzene rings is 1. The van der Waals surface area contributed by atoms with Gasteiger partial charge in [-0.3, -0.25) is 0 Å². The molecule has 0 spiro atoms. The van der Waals surface area contributed by atoms with Gasteiger partial charge in [0.25, 0.3) is 0 Å². The molecular formula is C16H10Cl2F3NO. The van der Waals surface area contributed by atoms with Crippen molar-refractivity contribution in [1.29, 1.82) is 0 Å². The summed E-state index contributed by atoms with van der Waals surface area (Å²) in [5, 5.41) is 0.823. The summed E-state index contributed by atoms with van der Waals surface area (Å²) in [6.07, 6.45) is -2.04. The highest BCUT2D eigenvalue weighted by Gasteiger charge is 2.41. The Labute approximate surface area is 140 Å². The molecule has 2 nitrogen and oxygen atoms in total. The third kappa shape index (κ3) is 3.62. The van der Waals surface area contributed by atoms with Gasteiger partial charge < -0.3 is 4.74 Å². The molecular weight excluding hydrogens is 350 g/mol. The van der Waals surface area contributed by atoms with Gasteiger partial charge in [-0.25, -0.2) is 4.98 Å². The first kappa shape index (κ1) is 16.1. The van der Waals surface area contributed by atoms with Gasteiger partial charge in [-0.15, -0.1) is 0 Å². The summed E-state index contributed by atoms with van der Waals surface area (Å²) in [6, 6.07) is 6.56. The molecule has 0 amide bonds. The van der Waals surface area contributed by atoms with Crippen molar-refractivity contribution in [3.63, 3.8) is 0 Å². The molecule has 7 heteroatoms. The molecule has 1 aromatic heterocycles. The van der Waals surface area contributed by atoms with Crippen LogP contribution >= 0.6 is 23.2 Å². The summed E-state index contributed by atoms with van der Waals surface area (Å²) in [7, 11) is 0. The second-order valence-electron chi connectivity index (χ2n) is 5.09. The lowest BCUT2D eigenvalue weighted by atomic mass is 10.0. The molecule has 0 fully saturated rings. The normalized spacial score (nSPS) is 16.8. The largest absolute Gasteiger partial charge is 0.476 e. The van der Waals surface area contributed by atoms with E-state index in [1.165, 1.54) is 12.1 Å². The predicted octanol–water partition coefficient (Wildman–Crippen LogP) is 5.32. The molecule has 1 aliphatic rings. The zero-order valence-electron chi connectivity index (χ0n) is 11.6. The Balaban J connectivity index is 1.90. The third-order valence-corrected chi connectivity index (χ3v) is 3.96. The molecule has 1 unspecified atom stereocenters. The van der Waals surface area contributed by atoms with Crippen LogP contribution in [-0.4, -0.2) is 17.3 Å². The van der Waals surface area contributed by atoms with Gasteiger partial charge in [-0.05, 0) is 35.4 Å². The van der Waals surface area contributed by atoms with Gasteiger partial charge in [0.05, 0.1) is 0 Å². The molecule has 3 rings (SSSR count). The summed E-state index contributed by atoms with van der Waals surface area (Å²) in [6.45, 7) is 0. The van der Waals surface area contributed by atoms with E-state index in [9.17, 15) is 13.2 Å². The highest BCUT2D eigenvalue weighted by atomic mass is 35.5. The number of pyridine rings is 1. The average molecular weight is 360 g/mol. The maximum absolute atomic E-state index is 12.8. The van der Waals surface area contributed by atoms with Crippen LogP contribution in [0.5, 0.6) is 5.75 Å². The van der Waals surface area contributed by atoms with Crippen LogP contribution in [0.2, 0.25) is 10.2 Å². The van der Waals surface area contributed by atoms with E-state index in [1.54, 1.807) is 24.4 Å². The van der Waals surface area contributed by atoms with E-state index in [0.717, 1.165) is 11.6 Å². The second-order valence-corrected chi connectivity index (χ2v) is 5.88. The van der Waals surface area contributed by atoms with Crippen molar-refractivity contribution in [1.82, 2.24) is 4.98 Å². The Hall–Kier alpha value is -1.72. The van der Waals surface area contributed by atoms with E-state index in [2.05, 4.69) is 4.98 Å². The third-order valence-electron chi connectivity index (χ3n) is 3.39. The van der Waals surface area contributed by atoms with Crippen molar-refractivity contribution in [2.24, 2.45) is 0 Å². The van der Waals surface area contributed by atoms with Crippen molar-refractivity contribution >= 4 is 29.3 Å². The Morgan fingerprint density at radius 3 is 2.61 bits per heavy atom. The molecule has 1 aliphatic heterocycles. The Bertz CT molecular complexity index is 757. The molecule has 0 saturated heterocycles. The molecule has 23 heavy (non-hydrogen) atoms. The standard InChI is InChI=1S/C16H10Cl2F3NO/c17-12-6-10-2-3-14(16(19,20)21)23-13(10)7-11(12)5-9-1-4-15(18)22-8-9/h1-4,6-8,14H,5H2. The van der Waals surface area contributed by atoms with Crippen LogP contribution in [-0.2, 0) is 6.42 Å². The highest BCUT2D eigenvalue weighted by molar-refractivity contribution is 6.31. The number of aromatic nitrogens is 1. The second kappa shape index (κ2) is 6.06. The topological polar surface area (TPSA) is 22.1 Å². The van der Waals surface area contributed by atoms with E-state index < -0.39 is 12.3 Å². The minimum Gasteiger partial charge on any atom is -0.476 e. The molecule has 2 heterocycles. The number of hydrogen-bond acceptors (Lipinski definition) is 2. The summed E-state index contributed by atoms with van der Waals surface area (Å²) < 4.78 is 43.4. The molecule has 1 atom stereocenters. The number of rotatable bonds is 2. The van der Waals surface area contributed by atoms with E-state index in [-0.39, 0.29) is 5.75 Å². The first-order chi connectivity index (χ1) is 10.8. The number of halogens is 5. The number of fused-ring (bicyclic) bond motifs is 1. The Morgan fingerprint density at radius 2 is 1.96 bits per heavy atom. The van der Waals surface area contributed by atoms with Gasteiger partial charge in [-0.2, -0.15) is 13.2 Å². The average Bonchev–Trinajstić information content (AvgIpc) is 2.49. The van der Waals surface area contributed by atoms with E-state index in [4.69, 9.17) is 27.9 Å². The van der Waals surface area contributed by atoms with Crippen LogP contribution < -0.4 is 4.74 Å². The van der Waals surface area contributed by atoms with Crippen LogP contribution in [0.15, 0.2) is 36.5 Å². The smallest absolute Gasteiger partial charge is 0.429 e. The van der Waals surface area contributed by atoms with Crippen molar-refractivity contribution in [3.8, 4) is 5.75 Å². The van der Waals surface area contributed by atoms with Gasteiger partial charge >= 0.3 is 6.18 Å². The van der Waals surface area contributed by atoms with Gasteiger partial charge in [-0.1, -0.05) is 35.3 Å². The van der Waals surface area contributed by atoms with Crippen molar-refractivity contribution < 1.29 is 17.9 Å². The van der Waals surface area contributed by atoms with Crippen molar-refractivity contribution in [3.05, 3.63) is 63.4 Å². The first-order valence-corrected chi connectivity index (χ1v) is 7.43. The van der Waals surface area contributed by atoms with Gasteiger partial charge in [0, 0.05) is 23.2 Å². The molecule has 120 valence electrons. The van der Waals surface area contributed by atoms with Gasteiger partial charge in [0.2, 0.25) is 6.10 Å². The van der Waals surface area contributed by atoms with Crippen molar-refractivity contribution in [2.75, 3.05) is 0 Å². The molecule has 0 bridgehead atoms. The minimum atomic E-state index is -4.45. The fourth-order valence-corrected chi connectivity index (χ4v) is 2.60. The molecule has 0 N–H and O–H groups in total. The lowest BCUT2D eigenvalue weighted by Crippen LogP contribution is -2.33. The zero-order valence-corrected chi connectivity index (χ0v) is 13.1. The van der Waals surface area contributed by atoms with Gasteiger partial charge in [0.1, 0.15) is 10.9 Å². The number of nitrogens with zero attached hydrogens (tertiary/aromatic N) is 1. The van der Waals surface area contributed by atoms with Crippen LogP contribution in [0.3, 0.4) is 0 Å². The Kier molecular flexibility index (Phi) is 4.25. The lowest BCUT2D eigenvalue weighted by molar-refractivity contribution is -0.180. The zero-order chi connectivity index (χ0) is 16.6. The fourth-order valence-electron chi connectivity index (χ4n) is 2.25. The SMILES string of the molecule is FC(F)(F)C1C=Cc2cc(Cl)c(Cc3ccc(Cl)nc3)cc2O1. The van der Waals surface area contributed by atoms with E-state index >= 15 is 0 Å². The molecule has 0 aliphatic carbocycles. The molecule has 0 radical (unpaired) electrons. The number of alkyl halides is 3. The van der Waals surface area contributed by atoms with E-state index in [1.807, 2.05) is 0 Å². The summed E-state index contributed by atoms with van der Waals surface area (Å²) >= 11 is 11.9. The van der Waals surface area contributed by atoms with Crippen molar-refractivity contribution in [2.45, 2.75) is 18.7 Å². The summed E-state index contributed by atoms with van der Waals surface area (Å²) in [4.78, 5) is 3.97. The fraction of sp³-hybridized carbons (Fsp3) is 0.188. The number of hydrogen-bond donors (Lipinski definition) is 0. The quantitative estimate of drug-likeness (QED) is 0.677. The highest BCUT2D eigenvalue weighted by Crippen LogP contribution is 2.36. The minimum absolute atomic E-state index is 0.163. The van der Waals surface area contributed by atoms with E-state index in [0.29, 0.717) is 27.7 Å². The first-order valence-electron chi connectivity index (χ1n) is 6.67. The summed E-state index contributed by atoms with van der Waals surface area (Å²) in [5.74, 6) is 0.163. The Morgan fingerprint density at radius 1 is 1.17 bits per heavy atom. The van der Waals surface area contributed by atoms with Crippen LogP contribution in [0.25, 0.3) is 6.08 Å². The maximum Gasteiger partial charge on any atom is 0.429 e. The predicted molar refractivity (Wildman–Crippen MR) is 83.0 cm³/mol. The summed E-state index contributed by atoms with van der Waals surface area (Å²) in [5.41, 5.74) is 2.02. The maximum atomic E-state index is 12.8. The molecule has 1 aromatic carbocycles. The molecule has 0 saturated carbocycles. The lowest BCUT2D eigenvalue weighted by Gasteiger charge is -2.24. The number of ether oxygens (including phenoxy) is 1.